The second-order valence-corrected chi connectivity index (χ2v) is 5.09. The molecule has 108 valence electrons. The molecule has 5 nitrogen and oxygen atoms in total. The molecule has 2 rings (SSSR count). The maximum atomic E-state index is 14.0. The summed E-state index contributed by atoms with van der Waals surface area (Å²) < 4.78 is 24.9. The number of nitrogens with one attached hydrogen (secondary N) is 1. The Bertz CT molecular complexity index is 615. The van der Waals surface area contributed by atoms with Crippen molar-refractivity contribution in [3.8, 4) is 0 Å². The van der Waals surface area contributed by atoms with Crippen LogP contribution in [0.4, 0.5) is 4.39 Å². The lowest BCUT2D eigenvalue weighted by molar-refractivity contribution is 0.0616. The summed E-state index contributed by atoms with van der Waals surface area (Å²) >= 11 is 1.19. The number of hydrogen-bond acceptors (Lipinski definition) is 5. The first-order valence-corrected chi connectivity index (χ1v) is 6.78. The van der Waals surface area contributed by atoms with Gasteiger partial charge in [-0.1, -0.05) is 6.07 Å². The number of carbonyl (C=O) groups excluding carboxylic acids is 1. The van der Waals surface area contributed by atoms with Crippen LogP contribution >= 0.6 is 11.3 Å². The molecule has 0 unspecified atom stereocenters. The Hall–Kier alpha value is -1.54. The van der Waals surface area contributed by atoms with Gasteiger partial charge in [-0.05, 0) is 12.1 Å². The highest BCUT2D eigenvalue weighted by molar-refractivity contribution is 7.21. The molecule has 0 aliphatic heterocycles. The van der Waals surface area contributed by atoms with Crippen molar-refractivity contribution in [3.63, 3.8) is 0 Å². The maximum Gasteiger partial charge on any atom is 0.275 e. The van der Waals surface area contributed by atoms with Gasteiger partial charge in [-0.25, -0.2) is 10.2 Å². The Kier molecular flexibility index (Phi) is 5.02. The van der Waals surface area contributed by atoms with Crippen LogP contribution in [0.15, 0.2) is 18.2 Å². The van der Waals surface area contributed by atoms with Gasteiger partial charge in [0, 0.05) is 22.8 Å². The van der Waals surface area contributed by atoms with Crippen LogP contribution in [0, 0.1) is 5.82 Å². The van der Waals surface area contributed by atoms with Crippen molar-refractivity contribution in [2.75, 3.05) is 20.3 Å². The topological polar surface area (TPSA) is 73.6 Å². The number of halogens is 1. The van der Waals surface area contributed by atoms with Gasteiger partial charge in [0.2, 0.25) is 0 Å². The molecule has 0 spiro atoms. The number of methoxy groups -OCH3 is 1. The van der Waals surface area contributed by atoms with Gasteiger partial charge in [0.05, 0.1) is 19.8 Å². The molecule has 0 saturated heterocycles. The number of ether oxygens (including phenoxy) is 2. The third kappa shape index (κ3) is 2.96. The Morgan fingerprint density at radius 3 is 2.95 bits per heavy atom. The summed E-state index contributed by atoms with van der Waals surface area (Å²) in [4.78, 5) is 12.1. The van der Waals surface area contributed by atoms with E-state index in [1.54, 1.807) is 19.2 Å². The van der Waals surface area contributed by atoms with Gasteiger partial charge in [-0.3, -0.25) is 10.2 Å². The van der Waals surface area contributed by atoms with Crippen LogP contribution in [-0.2, 0) is 16.1 Å². The van der Waals surface area contributed by atoms with E-state index in [1.807, 2.05) is 0 Å². The lowest BCUT2D eigenvalue weighted by Crippen LogP contribution is -2.30. The van der Waals surface area contributed by atoms with Crippen LogP contribution in [0.2, 0.25) is 0 Å². The van der Waals surface area contributed by atoms with Gasteiger partial charge >= 0.3 is 0 Å². The predicted molar refractivity (Wildman–Crippen MR) is 75.0 cm³/mol. The number of carbonyl (C=O) groups is 1. The van der Waals surface area contributed by atoms with Gasteiger partial charge in [-0.2, -0.15) is 0 Å². The lowest BCUT2D eigenvalue weighted by Gasteiger charge is -2.06. The summed E-state index contributed by atoms with van der Waals surface area (Å²) in [6, 6.07) is 4.72. The largest absolute Gasteiger partial charge is 0.382 e. The molecule has 1 heterocycles. The van der Waals surface area contributed by atoms with Crippen molar-refractivity contribution in [1.82, 2.24) is 5.43 Å². The predicted octanol–water partition coefficient (Wildman–Crippen LogP) is 1.81. The molecule has 0 radical (unpaired) electrons. The fraction of sp³-hybridized carbons (Fsp3) is 0.308. The molecule has 0 bridgehead atoms. The van der Waals surface area contributed by atoms with Crippen LogP contribution in [0.1, 0.15) is 15.2 Å². The van der Waals surface area contributed by atoms with E-state index in [0.29, 0.717) is 33.7 Å². The first-order valence-electron chi connectivity index (χ1n) is 5.96. The average molecular weight is 298 g/mol. The molecular formula is C13H15FN2O3S. The second kappa shape index (κ2) is 6.76. The van der Waals surface area contributed by atoms with Crippen LogP contribution in [0.25, 0.3) is 10.1 Å². The number of thiophene rings is 1. The minimum atomic E-state index is -0.448. The number of hydrazine groups is 1. The number of amides is 1. The van der Waals surface area contributed by atoms with Crippen molar-refractivity contribution in [1.29, 1.82) is 0 Å². The molecule has 2 aromatic rings. The molecule has 3 N–H and O–H groups in total. The van der Waals surface area contributed by atoms with Crippen LogP contribution in [-0.4, -0.2) is 26.2 Å². The molecular weight excluding hydrogens is 283 g/mol. The average Bonchev–Trinajstić information content (AvgIpc) is 2.83. The minimum absolute atomic E-state index is 0.132. The van der Waals surface area contributed by atoms with Crippen molar-refractivity contribution < 1.29 is 18.7 Å². The van der Waals surface area contributed by atoms with Crippen molar-refractivity contribution >= 4 is 27.3 Å². The van der Waals surface area contributed by atoms with Gasteiger partial charge < -0.3 is 9.47 Å². The monoisotopic (exact) mass is 298 g/mol. The summed E-state index contributed by atoms with van der Waals surface area (Å²) in [5.74, 6) is 4.34. The second-order valence-electron chi connectivity index (χ2n) is 4.04. The van der Waals surface area contributed by atoms with E-state index in [-0.39, 0.29) is 12.4 Å². The first-order chi connectivity index (χ1) is 9.69. The van der Waals surface area contributed by atoms with Crippen molar-refractivity contribution in [2.45, 2.75) is 6.61 Å². The molecule has 0 fully saturated rings. The van der Waals surface area contributed by atoms with Gasteiger partial charge in [0.25, 0.3) is 5.91 Å². The molecule has 0 aliphatic carbocycles. The number of fused-ring (bicyclic) bond motifs is 1. The lowest BCUT2D eigenvalue weighted by atomic mass is 10.1. The van der Waals surface area contributed by atoms with E-state index in [4.69, 9.17) is 15.3 Å². The Morgan fingerprint density at radius 1 is 1.45 bits per heavy atom. The van der Waals surface area contributed by atoms with E-state index in [1.165, 1.54) is 17.4 Å². The van der Waals surface area contributed by atoms with Crippen LogP contribution in [0.3, 0.4) is 0 Å². The highest BCUT2D eigenvalue weighted by atomic mass is 32.1. The minimum Gasteiger partial charge on any atom is -0.382 e. The van der Waals surface area contributed by atoms with Gasteiger partial charge in [-0.15, -0.1) is 11.3 Å². The van der Waals surface area contributed by atoms with Crippen molar-refractivity contribution in [3.05, 3.63) is 34.5 Å². The van der Waals surface area contributed by atoms with Crippen LogP contribution in [0.5, 0.6) is 0 Å². The van der Waals surface area contributed by atoms with E-state index < -0.39 is 5.91 Å². The standard InChI is InChI=1S/C13H15FN2O3S/c1-18-5-6-19-7-8-11-9(14)3-2-4-10(11)20-12(8)13(17)16-15/h2-4H,5-7,15H2,1H3,(H,16,17). The zero-order valence-electron chi connectivity index (χ0n) is 10.9. The number of benzene rings is 1. The molecule has 1 aromatic heterocycles. The highest BCUT2D eigenvalue weighted by Gasteiger charge is 2.20. The van der Waals surface area contributed by atoms with E-state index in [2.05, 4.69) is 5.43 Å². The third-order valence-corrected chi connectivity index (χ3v) is 3.97. The summed E-state index contributed by atoms with van der Waals surface area (Å²) in [7, 11) is 1.57. The van der Waals surface area contributed by atoms with Gasteiger partial charge in [0.1, 0.15) is 10.7 Å². The molecule has 1 amide bonds. The van der Waals surface area contributed by atoms with E-state index >= 15 is 0 Å². The molecule has 1 aromatic carbocycles. The Balaban J connectivity index is 2.38. The zero-order valence-corrected chi connectivity index (χ0v) is 11.8. The highest BCUT2D eigenvalue weighted by Crippen LogP contribution is 2.33. The van der Waals surface area contributed by atoms with E-state index in [9.17, 15) is 9.18 Å². The molecule has 0 saturated carbocycles. The van der Waals surface area contributed by atoms with E-state index in [0.717, 1.165) is 0 Å². The molecule has 7 heteroatoms. The Morgan fingerprint density at radius 2 is 2.25 bits per heavy atom. The van der Waals surface area contributed by atoms with Gasteiger partial charge in [0.15, 0.2) is 0 Å². The summed E-state index contributed by atoms with van der Waals surface area (Å²) in [5.41, 5.74) is 2.59. The molecule has 20 heavy (non-hydrogen) atoms. The quantitative estimate of drug-likeness (QED) is 0.369. The normalized spacial score (nSPS) is 10.9. The maximum absolute atomic E-state index is 14.0. The third-order valence-electron chi connectivity index (χ3n) is 2.78. The fourth-order valence-electron chi connectivity index (χ4n) is 1.87. The number of nitrogen functional groups attached to an aromatic ring is 1. The number of hydrogen-bond donors (Lipinski definition) is 2. The summed E-state index contributed by atoms with van der Waals surface area (Å²) in [5, 5.41) is 0.411. The zero-order chi connectivity index (χ0) is 14.5. The summed E-state index contributed by atoms with van der Waals surface area (Å²) in [6.07, 6.45) is 0. The van der Waals surface area contributed by atoms with Crippen LogP contribution < -0.4 is 11.3 Å². The summed E-state index contributed by atoms with van der Waals surface area (Å²) in [6.45, 7) is 0.933. The first kappa shape index (κ1) is 14.9. The molecule has 0 aliphatic rings. The molecule has 0 atom stereocenters. The van der Waals surface area contributed by atoms with Crippen molar-refractivity contribution in [2.24, 2.45) is 5.84 Å². The smallest absolute Gasteiger partial charge is 0.275 e. The fourth-order valence-corrected chi connectivity index (χ4v) is 3.00. The number of nitrogens with two attached hydrogens (primary N) is 1. The Labute approximate surface area is 119 Å². The number of rotatable bonds is 6. The SMILES string of the molecule is COCCOCc1c(C(=O)NN)sc2cccc(F)c12.